The normalized spacial score (nSPS) is 27.1. The predicted molar refractivity (Wildman–Crippen MR) is 123 cm³/mol. The van der Waals surface area contributed by atoms with Crippen LogP contribution in [-0.2, 0) is 22.3 Å². The van der Waals surface area contributed by atoms with Crippen LogP contribution < -0.4 is 0 Å². The molecule has 2 aromatic carbocycles. The van der Waals surface area contributed by atoms with Crippen LogP contribution >= 0.6 is 0 Å². The molecule has 2 spiro atoms. The number of nitrogens with zero attached hydrogens (tertiary/aromatic N) is 2. The number of benzene rings is 2. The van der Waals surface area contributed by atoms with Gasteiger partial charge in [-0.15, -0.1) is 0 Å². The van der Waals surface area contributed by atoms with Gasteiger partial charge in [0.1, 0.15) is 11.2 Å². The van der Waals surface area contributed by atoms with Gasteiger partial charge in [-0.2, -0.15) is 0 Å². The number of rotatable bonds is 6. The van der Waals surface area contributed by atoms with E-state index >= 15 is 0 Å². The minimum atomic E-state index is -0.0953. The van der Waals surface area contributed by atoms with Crippen molar-refractivity contribution in [2.45, 2.75) is 81.1 Å². The maximum atomic E-state index is 6.49. The molecular weight excluding hydrogens is 384 g/mol. The molecule has 2 heterocycles. The Bertz CT molecular complexity index is 909. The molecule has 0 amide bonds. The van der Waals surface area contributed by atoms with Gasteiger partial charge < -0.3 is 9.47 Å². The van der Waals surface area contributed by atoms with Gasteiger partial charge in [-0.3, -0.25) is 0 Å². The summed E-state index contributed by atoms with van der Waals surface area (Å²) in [5.74, 6) is 1.66. The number of hydrogen-bond acceptors (Lipinski definition) is 4. The topological polar surface area (TPSA) is 43.2 Å². The van der Waals surface area contributed by atoms with Gasteiger partial charge in [-0.05, 0) is 62.5 Å². The van der Waals surface area contributed by atoms with Crippen LogP contribution in [0.15, 0.2) is 70.6 Å². The minimum absolute atomic E-state index is 0.0953. The summed E-state index contributed by atoms with van der Waals surface area (Å²) in [6.07, 6.45) is 9.35. The standard InChI is InChI=1S/C27H30N2O2/c1-3-9-20(10-4-1)17-22-26(13-7-14-26)30-24(28-22)19-25-29-23(27(31-25)15-8-16-27)18-21-11-5-2-6-12-21/h1-6,9-12,22-23H,7-8,13-19H2/t22-,23-/m1/s1. The molecule has 2 saturated carbocycles. The van der Waals surface area contributed by atoms with E-state index in [1.807, 2.05) is 0 Å². The zero-order valence-corrected chi connectivity index (χ0v) is 18.0. The Kier molecular flexibility index (Phi) is 4.62. The van der Waals surface area contributed by atoms with Crippen molar-refractivity contribution in [2.24, 2.45) is 9.98 Å². The molecule has 4 nitrogen and oxygen atoms in total. The van der Waals surface area contributed by atoms with E-state index in [-0.39, 0.29) is 23.3 Å². The number of aliphatic imine (C=N–C) groups is 2. The molecule has 0 bridgehead atoms. The lowest BCUT2D eigenvalue weighted by Gasteiger charge is -2.41. The lowest BCUT2D eigenvalue weighted by molar-refractivity contribution is -0.0252. The van der Waals surface area contributed by atoms with Crippen LogP contribution in [0.3, 0.4) is 0 Å². The Balaban J connectivity index is 1.19. The largest absolute Gasteiger partial charge is 0.472 e. The molecule has 0 saturated heterocycles. The first kappa shape index (κ1) is 19.1. The smallest absolute Gasteiger partial charge is 0.193 e. The quantitative estimate of drug-likeness (QED) is 0.644. The Morgan fingerprint density at radius 3 is 1.42 bits per heavy atom. The van der Waals surface area contributed by atoms with E-state index in [2.05, 4.69) is 60.7 Å². The van der Waals surface area contributed by atoms with Gasteiger partial charge in [0, 0.05) is 0 Å². The average Bonchev–Trinajstić information content (AvgIpc) is 3.28. The van der Waals surface area contributed by atoms with Crippen molar-refractivity contribution in [1.29, 1.82) is 0 Å². The van der Waals surface area contributed by atoms with Crippen LogP contribution in [-0.4, -0.2) is 35.1 Å². The average molecular weight is 415 g/mol. The van der Waals surface area contributed by atoms with Crippen LogP contribution in [0.1, 0.15) is 56.1 Å². The molecule has 0 radical (unpaired) electrons. The lowest BCUT2D eigenvalue weighted by atomic mass is 9.73. The summed E-state index contributed by atoms with van der Waals surface area (Å²) in [6, 6.07) is 21.8. The molecule has 4 heteroatoms. The Hall–Kier alpha value is -2.62. The van der Waals surface area contributed by atoms with E-state index in [1.54, 1.807) is 0 Å². The van der Waals surface area contributed by atoms with E-state index in [0.717, 1.165) is 50.3 Å². The van der Waals surface area contributed by atoms with Crippen LogP contribution in [0.25, 0.3) is 0 Å². The highest BCUT2D eigenvalue weighted by Crippen LogP contribution is 2.47. The third-order valence-corrected chi connectivity index (χ3v) is 7.70. The third kappa shape index (κ3) is 3.46. The molecule has 6 rings (SSSR count). The SMILES string of the molecule is c1ccc(C[C@H]2N=C(CC3=N[C@H](Cc4ccccc4)C4(CCC4)O3)OC23CCC3)cc1. The maximum absolute atomic E-state index is 6.49. The van der Waals surface area contributed by atoms with Crippen molar-refractivity contribution in [2.75, 3.05) is 0 Å². The van der Waals surface area contributed by atoms with Crippen molar-refractivity contribution < 1.29 is 9.47 Å². The monoisotopic (exact) mass is 414 g/mol. The van der Waals surface area contributed by atoms with E-state index in [1.165, 1.54) is 24.0 Å². The van der Waals surface area contributed by atoms with E-state index in [9.17, 15) is 0 Å². The first-order valence-corrected chi connectivity index (χ1v) is 11.8. The second-order valence-electron chi connectivity index (χ2n) is 9.67. The minimum Gasteiger partial charge on any atom is -0.472 e. The van der Waals surface area contributed by atoms with E-state index < -0.39 is 0 Å². The van der Waals surface area contributed by atoms with Crippen LogP contribution in [0.2, 0.25) is 0 Å². The van der Waals surface area contributed by atoms with Crippen LogP contribution in [0.4, 0.5) is 0 Å². The first-order chi connectivity index (χ1) is 15.2. The Labute approximate surface area is 184 Å². The Morgan fingerprint density at radius 1 is 0.645 bits per heavy atom. The van der Waals surface area contributed by atoms with Crippen LogP contribution in [0.5, 0.6) is 0 Å². The fourth-order valence-corrected chi connectivity index (χ4v) is 5.59. The first-order valence-electron chi connectivity index (χ1n) is 11.8. The van der Waals surface area contributed by atoms with Gasteiger partial charge in [-0.1, -0.05) is 60.7 Å². The molecule has 0 unspecified atom stereocenters. The molecule has 31 heavy (non-hydrogen) atoms. The zero-order valence-electron chi connectivity index (χ0n) is 18.0. The van der Waals surface area contributed by atoms with Crippen LogP contribution in [0, 0.1) is 0 Å². The number of hydrogen-bond donors (Lipinski definition) is 0. The summed E-state index contributed by atoms with van der Waals surface area (Å²) >= 11 is 0. The molecule has 0 N–H and O–H groups in total. The van der Waals surface area contributed by atoms with Crippen molar-refractivity contribution in [3.05, 3.63) is 71.8 Å². The second-order valence-corrected chi connectivity index (χ2v) is 9.67. The fraction of sp³-hybridized carbons (Fsp3) is 0.481. The van der Waals surface area contributed by atoms with Gasteiger partial charge in [0.2, 0.25) is 0 Å². The van der Waals surface area contributed by atoms with Gasteiger partial charge in [0.05, 0.1) is 18.5 Å². The lowest BCUT2D eigenvalue weighted by Crippen LogP contribution is -2.48. The molecule has 160 valence electrons. The van der Waals surface area contributed by atoms with Crippen molar-refractivity contribution in [3.8, 4) is 0 Å². The molecule has 2 aromatic rings. The summed E-state index contributed by atoms with van der Waals surface area (Å²) in [7, 11) is 0. The van der Waals surface area contributed by atoms with Gasteiger partial charge in [0.25, 0.3) is 0 Å². The van der Waals surface area contributed by atoms with Crippen molar-refractivity contribution >= 4 is 11.8 Å². The predicted octanol–water partition coefficient (Wildman–Crippen LogP) is 5.30. The summed E-state index contributed by atoms with van der Waals surface area (Å²) in [5, 5.41) is 0. The summed E-state index contributed by atoms with van der Waals surface area (Å²) < 4.78 is 13.0. The second kappa shape index (κ2) is 7.51. The summed E-state index contributed by atoms with van der Waals surface area (Å²) in [6.45, 7) is 0. The highest BCUT2D eigenvalue weighted by Gasteiger charge is 2.53. The molecule has 2 fully saturated rings. The summed E-state index contributed by atoms with van der Waals surface area (Å²) in [4.78, 5) is 10.1. The van der Waals surface area contributed by atoms with E-state index in [0.29, 0.717) is 6.42 Å². The molecular formula is C27H30N2O2. The third-order valence-electron chi connectivity index (χ3n) is 7.70. The summed E-state index contributed by atoms with van der Waals surface area (Å²) in [5.41, 5.74) is 2.47. The fourth-order valence-electron chi connectivity index (χ4n) is 5.59. The molecule has 2 atom stereocenters. The zero-order chi connectivity index (χ0) is 20.7. The number of ether oxygens (including phenoxy) is 2. The Morgan fingerprint density at radius 2 is 1.06 bits per heavy atom. The van der Waals surface area contributed by atoms with E-state index in [4.69, 9.17) is 19.5 Å². The molecule has 0 aromatic heterocycles. The van der Waals surface area contributed by atoms with Gasteiger partial charge in [-0.25, -0.2) is 9.98 Å². The maximum Gasteiger partial charge on any atom is 0.193 e. The molecule has 4 aliphatic rings. The molecule has 2 aliphatic heterocycles. The van der Waals surface area contributed by atoms with Gasteiger partial charge in [0.15, 0.2) is 11.8 Å². The highest BCUT2D eigenvalue weighted by molar-refractivity contribution is 5.99. The highest BCUT2D eigenvalue weighted by atomic mass is 16.5. The van der Waals surface area contributed by atoms with Crippen molar-refractivity contribution in [3.63, 3.8) is 0 Å². The van der Waals surface area contributed by atoms with Crippen molar-refractivity contribution in [1.82, 2.24) is 0 Å². The molecule has 2 aliphatic carbocycles. The van der Waals surface area contributed by atoms with Gasteiger partial charge >= 0.3 is 0 Å².